The number of anilines is 1. The highest BCUT2D eigenvalue weighted by molar-refractivity contribution is 6.01. The van der Waals surface area contributed by atoms with E-state index in [1.54, 1.807) is 4.90 Å². The summed E-state index contributed by atoms with van der Waals surface area (Å²) in [5.41, 5.74) is 3.31. The van der Waals surface area contributed by atoms with Gasteiger partial charge in [0.15, 0.2) is 0 Å². The van der Waals surface area contributed by atoms with Gasteiger partial charge in [-0.15, -0.1) is 0 Å². The fourth-order valence-corrected chi connectivity index (χ4v) is 2.27. The fourth-order valence-electron chi connectivity index (χ4n) is 2.27. The van der Waals surface area contributed by atoms with Crippen LogP contribution in [0.5, 0.6) is 0 Å². The molecule has 0 aliphatic carbocycles. The summed E-state index contributed by atoms with van der Waals surface area (Å²) in [6.45, 7) is 1.43. The lowest BCUT2D eigenvalue weighted by molar-refractivity contribution is -0.117. The van der Waals surface area contributed by atoms with Crippen LogP contribution in [0.15, 0.2) is 18.2 Å². The van der Waals surface area contributed by atoms with Crippen LogP contribution in [0.1, 0.15) is 17.5 Å². The van der Waals surface area contributed by atoms with Crippen LogP contribution in [0.25, 0.3) is 0 Å². The molecule has 0 bridgehead atoms. The smallest absolute Gasteiger partial charge is 0.231 e. The van der Waals surface area contributed by atoms with Gasteiger partial charge in [0.1, 0.15) is 0 Å². The van der Waals surface area contributed by atoms with Crippen molar-refractivity contribution in [3.8, 4) is 6.07 Å². The zero-order valence-electron chi connectivity index (χ0n) is 10.6. The lowest BCUT2D eigenvalue weighted by atomic mass is 10.1. The van der Waals surface area contributed by atoms with Gasteiger partial charge in [-0.2, -0.15) is 5.26 Å². The topological polar surface area (TPSA) is 56.1 Å². The minimum Gasteiger partial charge on any atom is -0.319 e. The minimum absolute atomic E-state index is 0.103. The zero-order valence-corrected chi connectivity index (χ0v) is 10.6. The maximum Gasteiger partial charge on any atom is 0.231 e. The number of nitrogens with zero attached hydrogens (tertiary/aromatic N) is 2. The Kier molecular flexibility index (Phi) is 3.96. The van der Waals surface area contributed by atoms with Gasteiger partial charge >= 0.3 is 0 Å². The Balaban J connectivity index is 2.16. The molecular formula is C14H17N3O. The molecular weight excluding hydrogens is 226 g/mol. The normalized spacial score (nSPS) is 13.6. The number of carbonyl (C=O) groups is 1. The van der Waals surface area contributed by atoms with Crippen LogP contribution in [0, 0.1) is 11.3 Å². The van der Waals surface area contributed by atoms with Crippen LogP contribution in [0.3, 0.4) is 0 Å². The molecule has 1 aromatic rings. The fraction of sp³-hybridized carbons (Fsp3) is 0.429. The van der Waals surface area contributed by atoms with E-state index in [-0.39, 0.29) is 5.91 Å². The minimum atomic E-state index is 0.103. The molecule has 1 aromatic carbocycles. The number of carbonyl (C=O) groups excluding carboxylic acids is 1. The number of hydrogen-bond donors (Lipinski definition) is 1. The van der Waals surface area contributed by atoms with Gasteiger partial charge in [-0.25, -0.2) is 0 Å². The summed E-state index contributed by atoms with van der Waals surface area (Å²) in [6, 6.07) is 8.26. The molecule has 1 N–H and O–H groups in total. The van der Waals surface area contributed by atoms with Crippen molar-refractivity contribution in [3.63, 3.8) is 0 Å². The van der Waals surface area contributed by atoms with E-state index in [1.807, 2.05) is 13.1 Å². The van der Waals surface area contributed by atoms with Gasteiger partial charge in [0, 0.05) is 12.2 Å². The molecule has 1 heterocycles. The van der Waals surface area contributed by atoms with Crippen molar-refractivity contribution < 1.29 is 4.79 Å². The first-order chi connectivity index (χ1) is 8.76. The molecule has 1 aliphatic heterocycles. The number of amides is 1. The third-order valence-corrected chi connectivity index (χ3v) is 3.19. The molecule has 0 atom stereocenters. The second kappa shape index (κ2) is 5.65. The van der Waals surface area contributed by atoms with Gasteiger partial charge in [-0.3, -0.25) is 4.79 Å². The van der Waals surface area contributed by atoms with E-state index in [2.05, 4.69) is 23.5 Å². The van der Waals surface area contributed by atoms with Crippen molar-refractivity contribution in [1.82, 2.24) is 5.32 Å². The Hall–Kier alpha value is -1.86. The molecule has 1 aliphatic rings. The molecule has 0 radical (unpaired) electrons. The molecule has 2 rings (SSSR count). The molecule has 0 aromatic heterocycles. The highest BCUT2D eigenvalue weighted by atomic mass is 16.2. The number of nitrogens with one attached hydrogen (secondary N) is 1. The molecule has 94 valence electrons. The SMILES string of the molecule is CNCCc1ccc2c(c1)CC(=O)N2CCC#N. The molecule has 0 saturated carbocycles. The summed E-state index contributed by atoms with van der Waals surface area (Å²) in [5, 5.41) is 11.7. The lowest BCUT2D eigenvalue weighted by Gasteiger charge is -2.15. The Morgan fingerprint density at radius 2 is 2.33 bits per heavy atom. The summed E-state index contributed by atoms with van der Waals surface area (Å²) < 4.78 is 0. The maximum atomic E-state index is 11.9. The van der Waals surface area contributed by atoms with Crippen molar-refractivity contribution >= 4 is 11.6 Å². The summed E-state index contributed by atoms with van der Waals surface area (Å²) >= 11 is 0. The highest BCUT2D eigenvalue weighted by Gasteiger charge is 2.26. The van der Waals surface area contributed by atoms with E-state index in [0.717, 1.165) is 24.2 Å². The summed E-state index contributed by atoms with van der Waals surface area (Å²) in [7, 11) is 1.93. The number of likely N-dealkylation sites (N-methyl/N-ethyl adjacent to an activating group) is 1. The van der Waals surface area contributed by atoms with Crippen molar-refractivity contribution in [3.05, 3.63) is 29.3 Å². The molecule has 0 unspecified atom stereocenters. The first-order valence-electron chi connectivity index (χ1n) is 6.20. The summed E-state index contributed by atoms with van der Waals surface area (Å²) in [5.74, 6) is 0.103. The number of hydrogen-bond acceptors (Lipinski definition) is 3. The number of fused-ring (bicyclic) bond motifs is 1. The third kappa shape index (κ3) is 2.52. The van der Waals surface area contributed by atoms with Crippen LogP contribution < -0.4 is 10.2 Å². The second-order valence-electron chi connectivity index (χ2n) is 4.45. The van der Waals surface area contributed by atoms with Crippen molar-refractivity contribution in [2.24, 2.45) is 0 Å². The van der Waals surface area contributed by atoms with E-state index in [9.17, 15) is 4.79 Å². The van der Waals surface area contributed by atoms with Gasteiger partial charge in [-0.05, 0) is 37.2 Å². The summed E-state index contributed by atoms with van der Waals surface area (Å²) in [6.07, 6.45) is 1.82. The van der Waals surface area contributed by atoms with Crippen LogP contribution >= 0.6 is 0 Å². The van der Waals surface area contributed by atoms with Crippen LogP contribution in [0.2, 0.25) is 0 Å². The zero-order chi connectivity index (χ0) is 13.0. The van der Waals surface area contributed by atoms with Crippen molar-refractivity contribution in [1.29, 1.82) is 5.26 Å². The monoisotopic (exact) mass is 243 g/mol. The number of benzene rings is 1. The van der Waals surface area contributed by atoms with E-state index in [1.165, 1.54) is 5.56 Å². The van der Waals surface area contributed by atoms with Crippen LogP contribution in [-0.2, 0) is 17.6 Å². The quantitative estimate of drug-likeness (QED) is 0.846. The predicted molar refractivity (Wildman–Crippen MR) is 70.4 cm³/mol. The molecule has 18 heavy (non-hydrogen) atoms. The third-order valence-electron chi connectivity index (χ3n) is 3.19. The Bertz CT molecular complexity index is 490. The van der Waals surface area contributed by atoms with Gasteiger partial charge in [0.2, 0.25) is 5.91 Å². The van der Waals surface area contributed by atoms with E-state index < -0.39 is 0 Å². The molecule has 4 heteroatoms. The van der Waals surface area contributed by atoms with Gasteiger partial charge in [0.25, 0.3) is 0 Å². The van der Waals surface area contributed by atoms with Crippen molar-refractivity contribution in [2.45, 2.75) is 19.3 Å². The van der Waals surface area contributed by atoms with Gasteiger partial charge < -0.3 is 10.2 Å². The molecule has 0 spiro atoms. The average molecular weight is 243 g/mol. The van der Waals surface area contributed by atoms with E-state index >= 15 is 0 Å². The Morgan fingerprint density at radius 1 is 1.50 bits per heavy atom. The molecule has 4 nitrogen and oxygen atoms in total. The Labute approximate surface area is 107 Å². The van der Waals surface area contributed by atoms with E-state index in [0.29, 0.717) is 19.4 Å². The maximum absolute atomic E-state index is 11.9. The summed E-state index contributed by atoms with van der Waals surface area (Å²) in [4.78, 5) is 13.6. The van der Waals surface area contributed by atoms with E-state index in [4.69, 9.17) is 5.26 Å². The lowest BCUT2D eigenvalue weighted by Crippen LogP contribution is -2.27. The first-order valence-corrected chi connectivity index (χ1v) is 6.20. The second-order valence-corrected chi connectivity index (χ2v) is 4.45. The van der Waals surface area contributed by atoms with Crippen molar-refractivity contribution in [2.75, 3.05) is 25.0 Å². The standard InChI is InChI=1S/C14H17N3O/c1-16-7-5-11-3-4-13-12(9-11)10-14(18)17(13)8-2-6-15/h3-4,9,16H,2,5,7-8,10H2,1H3. The average Bonchev–Trinajstić information content (AvgIpc) is 2.68. The molecule has 0 fully saturated rings. The number of nitriles is 1. The molecule has 1 amide bonds. The van der Waals surface area contributed by atoms with Gasteiger partial charge in [0.05, 0.1) is 18.9 Å². The Morgan fingerprint density at radius 3 is 3.06 bits per heavy atom. The predicted octanol–water partition coefficient (Wildman–Crippen LogP) is 1.25. The van der Waals surface area contributed by atoms with Crippen LogP contribution in [0.4, 0.5) is 5.69 Å². The largest absolute Gasteiger partial charge is 0.319 e. The van der Waals surface area contributed by atoms with Crippen LogP contribution in [-0.4, -0.2) is 26.0 Å². The molecule has 0 saturated heterocycles. The first kappa shape index (κ1) is 12.6. The number of rotatable bonds is 5. The highest BCUT2D eigenvalue weighted by Crippen LogP contribution is 2.29. The van der Waals surface area contributed by atoms with Gasteiger partial charge in [-0.1, -0.05) is 12.1 Å².